The van der Waals surface area contributed by atoms with Gasteiger partial charge in [-0.15, -0.1) is 11.3 Å². The standard InChI is InChI=1S/C15H17ClN2O2S/c1-4-20-14(19)10(2)11-5-6-13(12(16)9-11)17-15-18(3)7-8-21-15/h5-10H,4H2,1-3H3. The first kappa shape index (κ1) is 15.8. The molecule has 6 heteroatoms. The van der Waals surface area contributed by atoms with Crippen LogP contribution < -0.4 is 4.80 Å². The van der Waals surface area contributed by atoms with E-state index in [-0.39, 0.29) is 11.9 Å². The molecule has 2 aromatic rings. The third kappa shape index (κ3) is 3.74. The lowest BCUT2D eigenvalue weighted by Crippen LogP contribution is -2.13. The zero-order chi connectivity index (χ0) is 15.4. The van der Waals surface area contributed by atoms with Crippen LogP contribution >= 0.6 is 22.9 Å². The van der Waals surface area contributed by atoms with Crippen LogP contribution in [-0.4, -0.2) is 17.1 Å². The van der Waals surface area contributed by atoms with E-state index in [1.54, 1.807) is 19.9 Å². The summed E-state index contributed by atoms with van der Waals surface area (Å²) in [5.74, 6) is -0.586. The molecule has 0 spiro atoms. The highest BCUT2D eigenvalue weighted by molar-refractivity contribution is 7.07. The summed E-state index contributed by atoms with van der Waals surface area (Å²) in [6.07, 6.45) is 1.94. The fourth-order valence-electron chi connectivity index (χ4n) is 1.82. The lowest BCUT2D eigenvalue weighted by Gasteiger charge is -2.11. The Hall–Kier alpha value is -1.59. The maximum atomic E-state index is 11.8. The number of hydrogen-bond donors (Lipinski definition) is 0. The number of rotatable bonds is 4. The average molecular weight is 325 g/mol. The molecule has 0 bridgehead atoms. The number of halogens is 1. The summed E-state index contributed by atoms with van der Waals surface area (Å²) in [6.45, 7) is 3.97. The van der Waals surface area contributed by atoms with Crippen molar-refractivity contribution in [3.8, 4) is 0 Å². The fourth-order valence-corrected chi connectivity index (χ4v) is 2.80. The monoisotopic (exact) mass is 324 g/mol. The number of ether oxygens (including phenoxy) is 1. The summed E-state index contributed by atoms with van der Waals surface area (Å²) >= 11 is 7.81. The Morgan fingerprint density at radius 2 is 2.29 bits per heavy atom. The van der Waals surface area contributed by atoms with Gasteiger partial charge in [-0.2, -0.15) is 0 Å². The molecule has 0 N–H and O–H groups in total. The normalized spacial score (nSPS) is 13.2. The average Bonchev–Trinajstić information content (AvgIpc) is 2.86. The maximum Gasteiger partial charge on any atom is 0.313 e. The van der Waals surface area contributed by atoms with Crippen molar-refractivity contribution < 1.29 is 9.53 Å². The van der Waals surface area contributed by atoms with Gasteiger partial charge < -0.3 is 9.30 Å². The Kier molecular flexibility index (Phi) is 5.20. The second-order valence-electron chi connectivity index (χ2n) is 4.59. The smallest absolute Gasteiger partial charge is 0.313 e. The second kappa shape index (κ2) is 6.91. The van der Waals surface area contributed by atoms with Crippen molar-refractivity contribution in [2.75, 3.05) is 6.61 Å². The van der Waals surface area contributed by atoms with Gasteiger partial charge in [-0.1, -0.05) is 17.7 Å². The Bertz CT molecular complexity index is 706. The molecule has 1 aromatic carbocycles. The summed E-state index contributed by atoms with van der Waals surface area (Å²) in [6, 6.07) is 5.46. The van der Waals surface area contributed by atoms with Crippen LogP contribution in [0.3, 0.4) is 0 Å². The zero-order valence-corrected chi connectivity index (χ0v) is 13.7. The lowest BCUT2D eigenvalue weighted by atomic mass is 10.0. The van der Waals surface area contributed by atoms with Gasteiger partial charge in [0.05, 0.1) is 23.2 Å². The largest absolute Gasteiger partial charge is 0.466 e. The van der Waals surface area contributed by atoms with Gasteiger partial charge >= 0.3 is 5.97 Å². The van der Waals surface area contributed by atoms with Gasteiger partial charge in [-0.3, -0.25) is 4.79 Å². The molecule has 0 fully saturated rings. The fraction of sp³-hybridized carbons (Fsp3) is 0.333. The van der Waals surface area contributed by atoms with E-state index in [2.05, 4.69) is 4.99 Å². The van der Waals surface area contributed by atoms with Crippen molar-refractivity contribution in [2.45, 2.75) is 19.8 Å². The van der Waals surface area contributed by atoms with E-state index < -0.39 is 0 Å². The Balaban J connectivity index is 2.30. The lowest BCUT2D eigenvalue weighted by molar-refractivity contribution is -0.144. The number of carbonyl (C=O) groups is 1. The van der Waals surface area contributed by atoms with Crippen LogP contribution in [0.15, 0.2) is 34.8 Å². The molecule has 1 atom stereocenters. The SMILES string of the molecule is CCOC(=O)C(C)c1ccc(N=c2sccn2C)c(Cl)c1. The minimum atomic E-state index is -0.339. The number of nitrogens with zero attached hydrogens (tertiary/aromatic N) is 2. The highest BCUT2D eigenvalue weighted by Crippen LogP contribution is 2.29. The molecule has 0 radical (unpaired) electrons. The van der Waals surface area contributed by atoms with Crippen LogP contribution in [0.2, 0.25) is 5.02 Å². The van der Waals surface area contributed by atoms with Crippen LogP contribution in [0.1, 0.15) is 25.3 Å². The zero-order valence-electron chi connectivity index (χ0n) is 12.2. The van der Waals surface area contributed by atoms with Gasteiger partial charge in [0.2, 0.25) is 0 Å². The predicted molar refractivity (Wildman–Crippen MR) is 85.0 cm³/mol. The Morgan fingerprint density at radius 3 is 2.86 bits per heavy atom. The first-order valence-corrected chi connectivity index (χ1v) is 7.89. The molecule has 0 saturated carbocycles. The van der Waals surface area contributed by atoms with E-state index in [0.717, 1.165) is 10.4 Å². The van der Waals surface area contributed by atoms with Crippen molar-refractivity contribution in [2.24, 2.45) is 12.0 Å². The highest BCUT2D eigenvalue weighted by atomic mass is 35.5. The molecule has 0 aliphatic heterocycles. The topological polar surface area (TPSA) is 43.6 Å². The number of thiazole rings is 1. The van der Waals surface area contributed by atoms with Gasteiger partial charge in [0, 0.05) is 18.6 Å². The van der Waals surface area contributed by atoms with Gasteiger partial charge in [0.1, 0.15) is 0 Å². The quantitative estimate of drug-likeness (QED) is 0.806. The third-order valence-electron chi connectivity index (χ3n) is 3.09. The molecule has 1 unspecified atom stereocenters. The van der Waals surface area contributed by atoms with E-state index in [4.69, 9.17) is 16.3 Å². The summed E-state index contributed by atoms with van der Waals surface area (Å²) in [5.41, 5.74) is 1.52. The number of esters is 1. The van der Waals surface area contributed by atoms with Crippen LogP contribution in [0.5, 0.6) is 0 Å². The number of carbonyl (C=O) groups excluding carboxylic acids is 1. The van der Waals surface area contributed by atoms with Crippen molar-refractivity contribution in [3.63, 3.8) is 0 Å². The first-order valence-electron chi connectivity index (χ1n) is 6.64. The Morgan fingerprint density at radius 1 is 1.52 bits per heavy atom. The van der Waals surface area contributed by atoms with Crippen molar-refractivity contribution in [1.29, 1.82) is 0 Å². The highest BCUT2D eigenvalue weighted by Gasteiger charge is 2.17. The summed E-state index contributed by atoms with van der Waals surface area (Å²) in [4.78, 5) is 17.1. The van der Waals surface area contributed by atoms with E-state index in [1.165, 1.54) is 11.3 Å². The Labute approximate surface area is 132 Å². The summed E-state index contributed by atoms with van der Waals surface area (Å²) in [7, 11) is 1.93. The summed E-state index contributed by atoms with van der Waals surface area (Å²) in [5, 5.41) is 2.49. The third-order valence-corrected chi connectivity index (χ3v) is 4.24. The molecular weight excluding hydrogens is 308 g/mol. The maximum absolute atomic E-state index is 11.8. The van der Waals surface area contributed by atoms with E-state index in [9.17, 15) is 4.79 Å². The van der Waals surface area contributed by atoms with Crippen LogP contribution in [0, 0.1) is 0 Å². The minimum Gasteiger partial charge on any atom is -0.466 e. The van der Waals surface area contributed by atoms with Gasteiger partial charge in [-0.25, -0.2) is 4.99 Å². The molecular formula is C15H17ClN2O2S. The molecule has 0 aliphatic carbocycles. The molecule has 4 nitrogen and oxygen atoms in total. The second-order valence-corrected chi connectivity index (χ2v) is 5.87. The molecule has 0 aliphatic rings. The molecule has 1 aromatic heterocycles. The van der Waals surface area contributed by atoms with E-state index >= 15 is 0 Å². The molecule has 1 heterocycles. The molecule has 21 heavy (non-hydrogen) atoms. The van der Waals surface area contributed by atoms with Crippen LogP contribution in [-0.2, 0) is 16.6 Å². The van der Waals surface area contributed by atoms with E-state index in [1.807, 2.05) is 35.3 Å². The minimum absolute atomic E-state index is 0.247. The number of aryl methyl sites for hydroxylation is 1. The van der Waals surface area contributed by atoms with Gasteiger partial charge in [-0.05, 0) is 31.5 Å². The molecule has 0 saturated heterocycles. The van der Waals surface area contributed by atoms with Gasteiger partial charge in [0.15, 0.2) is 4.80 Å². The van der Waals surface area contributed by atoms with Gasteiger partial charge in [0.25, 0.3) is 0 Å². The summed E-state index contributed by atoms with van der Waals surface area (Å²) < 4.78 is 6.95. The number of hydrogen-bond acceptors (Lipinski definition) is 4. The number of aromatic nitrogens is 1. The first-order chi connectivity index (χ1) is 10.0. The predicted octanol–water partition coefficient (Wildman–Crippen LogP) is 3.64. The molecule has 0 amide bonds. The van der Waals surface area contributed by atoms with E-state index in [0.29, 0.717) is 17.3 Å². The van der Waals surface area contributed by atoms with Crippen LogP contribution in [0.4, 0.5) is 5.69 Å². The van der Waals surface area contributed by atoms with Crippen molar-refractivity contribution in [1.82, 2.24) is 4.57 Å². The van der Waals surface area contributed by atoms with Crippen molar-refractivity contribution >= 4 is 34.6 Å². The molecule has 112 valence electrons. The van der Waals surface area contributed by atoms with Crippen LogP contribution in [0.25, 0.3) is 0 Å². The number of benzene rings is 1. The van der Waals surface area contributed by atoms with Crippen molar-refractivity contribution in [3.05, 3.63) is 45.2 Å². The molecule has 2 rings (SSSR count).